The summed E-state index contributed by atoms with van der Waals surface area (Å²) in [5.41, 5.74) is 4.47. The molecule has 80 valence electrons. The van der Waals surface area contributed by atoms with Gasteiger partial charge < -0.3 is 5.32 Å². The number of hydrogen-bond acceptors (Lipinski definition) is 2. The van der Waals surface area contributed by atoms with Gasteiger partial charge in [0.05, 0.1) is 11.6 Å². The Hall–Kier alpha value is -2.30. The smallest absolute Gasteiger partial charge is 0.217 e. The average Bonchev–Trinajstić information content (AvgIpc) is 2.28. The van der Waals surface area contributed by atoms with Crippen molar-refractivity contribution in [2.24, 2.45) is 0 Å². The Bertz CT molecular complexity index is 477. The van der Waals surface area contributed by atoms with Crippen LogP contribution in [0.5, 0.6) is 0 Å². The second-order valence-corrected chi connectivity index (χ2v) is 3.19. The molecule has 0 bridgehead atoms. The van der Waals surface area contributed by atoms with E-state index in [9.17, 15) is 4.79 Å². The van der Waals surface area contributed by atoms with Gasteiger partial charge in [-0.05, 0) is 29.8 Å². The van der Waals surface area contributed by atoms with E-state index in [-0.39, 0.29) is 5.91 Å². The van der Waals surface area contributed by atoms with Crippen molar-refractivity contribution in [3.8, 4) is 6.07 Å². The first-order valence-corrected chi connectivity index (χ1v) is 4.88. The van der Waals surface area contributed by atoms with E-state index in [2.05, 4.69) is 17.1 Å². The molecule has 0 unspecified atom stereocenters. The van der Waals surface area contributed by atoms with Crippen molar-refractivity contribution in [1.29, 1.82) is 5.26 Å². The molecular formula is C13H12N2O. The molecule has 0 aliphatic carbocycles. The average molecular weight is 212 g/mol. The normalized spacial score (nSPS) is 8.50. The van der Waals surface area contributed by atoms with Crippen LogP contribution < -0.4 is 5.32 Å². The topological polar surface area (TPSA) is 52.9 Å². The van der Waals surface area contributed by atoms with Gasteiger partial charge in [-0.3, -0.25) is 4.79 Å². The van der Waals surface area contributed by atoms with E-state index in [1.54, 1.807) is 24.3 Å². The first-order valence-electron chi connectivity index (χ1n) is 4.88. The fourth-order valence-electron chi connectivity index (χ4n) is 1.11. The number of carbonyl (C=O) groups is 1. The lowest BCUT2D eigenvalue weighted by Gasteiger charge is -1.92. The second-order valence-electron chi connectivity index (χ2n) is 3.19. The molecule has 0 aromatic heterocycles. The number of nitrogens with one attached hydrogen (secondary N) is 1. The summed E-state index contributed by atoms with van der Waals surface area (Å²) in [5.74, 6) is -0.0653. The SMILES string of the molecule is CC(=O)NCC=C=Cc1cccc(C#N)c1. The predicted molar refractivity (Wildman–Crippen MR) is 62.4 cm³/mol. The Balaban J connectivity index is 2.62. The molecule has 0 heterocycles. The molecule has 0 saturated carbocycles. The molecule has 1 aromatic rings. The zero-order valence-corrected chi connectivity index (χ0v) is 9.03. The Morgan fingerprint density at radius 1 is 1.56 bits per heavy atom. The number of amides is 1. The number of hydrogen-bond donors (Lipinski definition) is 1. The maximum atomic E-state index is 10.6. The van der Waals surface area contributed by atoms with E-state index < -0.39 is 0 Å². The lowest BCUT2D eigenvalue weighted by molar-refractivity contribution is -0.118. The van der Waals surface area contributed by atoms with E-state index in [1.165, 1.54) is 6.92 Å². The van der Waals surface area contributed by atoms with Crippen LogP contribution >= 0.6 is 0 Å². The minimum absolute atomic E-state index is 0.0653. The standard InChI is InChI=1S/C13H12N2O/c1-11(16)15-8-3-2-5-12-6-4-7-13(9-12)10-14/h3-7,9H,8H2,1H3,(H,15,16). The third-order valence-corrected chi connectivity index (χ3v) is 1.84. The van der Waals surface area contributed by atoms with Crippen LogP contribution in [0, 0.1) is 11.3 Å². The summed E-state index contributed by atoms with van der Waals surface area (Å²) >= 11 is 0. The van der Waals surface area contributed by atoms with Gasteiger partial charge in [0.2, 0.25) is 5.91 Å². The summed E-state index contributed by atoms with van der Waals surface area (Å²) in [6.45, 7) is 1.93. The van der Waals surface area contributed by atoms with E-state index in [0.717, 1.165) is 5.56 Å². The summed E-state index contributed by atoms with van der Waals surface area (Å²) < 4.78 is 0. The van der Waals surface area contributed by atoms with Gasteiger partial charge in [0.25, 0.3) is 0 Å². The quantitative estimate of drug-likeness (QED) is 0.777. The van der Waals surface area contributed by atoms with Crippen LogP contribution in [0.4, 0.5) is 0 Å². The van der Waals surface area contributed by atoms with Crippen molar-refractivity contribution < 1.29 is 4.79 Å². The maximum Gasteiger partial charge on any atom is 0.217 e. The maximum absolute atomic E-state index is 10.6. The third-order valence-electron chi connectivity index (χ3n) is 1.84. The van der Waals surface area contributed by atoms with Gasteiger partial charge >= 0.3 is 0 Å². The highest BCUT2D eigenvalue weighted by atomic mass is 16.1. The third kappa shape index (κ3) is 4.28. The lowest BCUT2D eigenvalue weighted by atomic mass is 10.1. The molecule has 3 heteroatoms. The fraction of sp³-hybridized carbons (Fsp3) is 0.154. The van der Waals surface area contributed by atoms with E-state index >= 15 is 0 Å². The fourth-order valence-corrected chi connectivity index (χ4v) is 1.11. The monoisotopic (exact) mass is 212 g/mol. The molecule has 0 aliphatic rings. The summed E-state index contributed by atoms with van der Waals surface area (Å²) in [7, 11) is 0. The van der Waals surface area contributed by atoms with Crippen molar-refractivity contribution in [3.05, 3.63) is 47.2 Å². The van der Waals surface area contributed by atoms with Crippen LogP contribution in [-0.4, -0.2) is 12.5 Å². The molecule has 0 saturated heterocycles. The summed E-state index contributed by atoms with van der Waals surface area (Å²) in [6, 6.07) is 9.30. The number of nitriles is 1. The largest absolute Gasteiger partial charge is 0.352 e. The molecule has 16 heavy (non-hydrogen) atoms. The summed E-state index contributed by atoms with van der Waals surface area (Å²) in [6.07, 6.45) is 3.49. The molecule has 0 radical (unpaired) electrons. The van der Waals surface area contributed by atoms with Crippen LogP contribution in [-0.2, 0) is 4.79 Å². The van der Waals surface area contributed by atoms with E-state index in [0.29, 0.717) is 12.1 Å². The highest BCUT2D eigenvalue weighted by Crippen LogP contribution is 2.04. The molecule has 1 amide bonds. The van der Waals surface area contributed by atoms with Gasteiger partial charge in [0.1, 0.15) is 0 Å². The van der Waals surface area contributed by atoms with Crippen LogP contribution in [0.25, 0.3) is 6.08 Å². The van der Waals surface area contributed by atoms with Crippen LogP contribution in [0.2, 0.25) is 0 Å². The first kappa shape index (κ1) is 11.8. The summed E-state index contributed by atoms with van der Waals surface area (Å²) in [4.78, 5) is 10.6. The highest BCUT2D eigenvalue weighted by molar-refractivity contribution is 5.72. The number of carbonyl (C=O) groups excluding carboxylic acids is 1. The zero-order chi connectivity index (χ0) is 11.8. The van der Waals surface area contributed by atoms with Gasteiger partial charge in [0.15, 0.2) is 0 Å². The molecule has 0 spiro atoms. The van der Waals surface area contributed by atoms with Crippen LogP contribution in [0.1, 0.15) is 18.1 Å². The van der Waals surface area contributed by atoms with Crippen molar-refractivity contribution in [3.63, 3.8) is 0 Å². The Kier molecular flexibility index (Phi) is 4.59. The number of nitrogens with zero attached hydrogens (tertiary/aromatic N) is 1. The van der Waals surface area contributed by atoms with Crippen molar-refractivity contribution in [1.82, 2.24) is 5.32 Å². The molecule has 1 rings (SSSR count). The summed E-state index contributed by atoms with van der Waals surface area (Å²) in [5, 5.41) is 11.3. The molecule has 1 aromatic carbocycles. The van der Waals surface area contributed by atoms with Crippen LogP contribution in [0.15, 0.2) is 36.1 Å². The molecular weight excluding hydrogens is 200 g/mol. The Morgan fingerprint density at radius 3 is 3.06 bits per heavy atom. The highest BCUT2D eigenvalue weighted by Gasteiger charge is 1.89. The Labute approximate surface area is 94.7 Å². The number of benzene rings is 1. The van der Waals surface area contributed by atoms with Crippen LogP contribution in [0.3, 0.4) is 0 Å². The molecule has 3 nitrogen and oxygen atoms in total. The number of rotatable bonds is 3. The lowest BCUT2D eigenvalue weighted by Crippen LogP contribution is -2.18. The first-order chi connectivity index (χ1) is 7.72. The predicted octanol–water partition coefficient (Wildman–Crippen LogP) is 1.86. The van der Waals surface area contributed by atoms with Crippen molar-refractivity contribution in [2.75, 3.05) is 6.54 Å². The van der Waals surface area contributed by atoms with Gasteiger partial charge in [-0.25, -0.2) is 0 Å². The van der Waals surface area contributed by atoms with Gasteiger partial charge in [-0.1, -0.05) is 12.1 Å². The van der Waals surface area contributed by atoms with Crippen molar-refractivity contribution in [2.45, 2.75) is 6.92 Å². The van der Waals surface area contributed by atoms with E-state index in [1.807, 2.05) is 12.1 Å². The second kappa shape index (κ2) is 6.23. The molecule has 1 N–H and O–H groups in total. The van der Waals surface area contributed by atoms with Gasteiger partial charge in [-0.15, -0.1) is 5.73 Å². The Morgan fingerprint density at radius 2 is 2.38 bits per heavy atom. The minimum atomic E-state index is -0.0653. The van der Waals surface area contributed by atoms with Crippen molar-refractivity contribution >= 4 is 12.0 Å². The minimum Gasteiger partial charge on any atom is -0.352 e. The molecule has 0 fully saturated rings. The molecule has 0 atom stereocenters. The van der Waals surface area contributed by atoms with E-state index in [4.69, 9.17) is 5.26 Å². The van der Waals surface area contributed by atoms with Gasteiger partial charge in [0, 0.05) is 13.5 Å². The van der Waals surface area contributed by atoms with Gasteiger partial charge in [-0.2, -0.15) is 5.26 Å². The zero-order valence-electron chi connectivity index (χ0n) is 9.03. The molecule has 0 aliphatic heterocycles.